The molecule has 1 aromatic rings. The van der Waals surface area contributed by atoms with Crippen LogP contribution in [0.25, 0.3) is 0 Å². The summed E-state index contributed by atoms with van der Waals surface area (Å²) in [6.07, 6.45) is -0.216. The van der Waals surface area contributed by atoms with E-state index in [0.717, 1.165) is 10.6 Å². The molecule has 0 fully saturated rings. The average Bonchev–Trinajstić information content (AvgIpc) is 2.41. The monoisotopic (exact) mass is 312 g/mol. The molecule has 118 valence electrons. The van der Waals surface area contributed by atoms with Crippen LogP contribution in [0.3, 0.4) is 0 Å². The van der Waals surface area contributed by atoms with Crippen LogP contribution in [0, 0.1) is 0 Å². The van der Waals surface area contributed by atoms with Crippen molar-refractivity contribution in [2.75, 3.05) is 19.5 Å². The van der Waals surface area contributed by atoms with Crippen molar-refractivity contribution in [2.24, 2.45) is 0 Å². The number of carbonyl (C=O) groups excluding carboxylic acids is 1. The molecule has 0 bridgehead atoms. The summed E-state index contributed by atoms with van der Waals surface area (Å²) in [5.74, 6) is 0.449. The van der Waals surface area contributed by atoms with Gasteiger partial charge in [-0.05, 0) is 39.8 Å². The maximum Gasteiger partial charge on any atom is 0.339 e. The fraction of sp³-hybridized carbons (Fsp3) is 0.562. The summed E-state index contributed by atoms with van der Waals surface area (Å²) >= 11 is 1.57. The lowest BCUT2D eigenvalue weighted by atomic mass is 10.1. The van der Waals surface area contributed by atoms with Crippen molar-refractivity contribution in [3.63, 3.8) is 0 Å². The van der Waals surface area contributed by atoms with Crippen LogP contribution >= 0.6 is 11.8 Å². The van der Waals surface area contributed by atoms with Crippen LogP contribution < -0.4 is 0 Å². The first-order valence-electron chi connectivity index (χ1n) is 6.93. The topological polar surface area (TPSA) is 44.8 Å². The van der Waals surface area contributed by atoms with Gasteiger partial charge in [-0.3, -0.25) is 0 Å². The molecule has 0 aliphatic carbocycles. The highest BCUT2D eigenvalue weighted by molar-refractivity contribution is 7.99. The van der Waals surface area contributed by atoms with E-state index in [1.54, 1.807) is 24.9 Å². The van der Waals surface area contributed by atoms with Crippen LogP contribution in [0.1, 0.15) is 38.1 Å². The highest BCUT2D eigenvalue weighted by atomic mass is 32.2. The maximum absolute atomic E-state index is 12.2. The Morgan fingerprint density at radius 1 is 1.29 bits per heavy atom. The molecule has 0 heterocycles. The fourth-order valence-electron chi connectivity index (χ4n) is 1.53. The van der Waals surface area contributed by atoms with Crippen molar-refractivity contribution in [2.45, 2.75) is 44.5 Å². The third-order valence-corrected chi connectivity index (χ3v) is 3.57. The fourth-order valence-corrected chi connectivity index (χ4v) is 2.41. The lowest BCUT2D eigenvalue weighted by Crippen LogP contribution is -2.24. The van der Waals surface area contributed by atoms with E-state index in [-0.39, 0.29) is 12.3 Å². The van der Waals surface area contributed by atoms with E-state index < -0.39 is 5.60 Å². The van der Waals surface area contributed by atoms with Crippen LogP contribution in [0.4, 0.5) is 0 Å². The Labute approximate surface area is 131 Å². The predicted octanol–water partition coefficient (Wildman–Crippen LogP) is 3.74. The van der Waals surface area contributed by atoms with E-state index in [1.165, 1.54) is 0 Å². The van der Waals surface area contributed by atoms with Gasteiger partial charge in [-0.15, -0.1) is 11.8 Å². The van der Waals surface area contributed by atoms with E-state index in [2.05, 4.69) is 0 Å². The Kier molecular flexibility index (Phi) is 7.22. The molecule has 21 heavy (non-hydrogen) atoms. The molecule has 0 aliphatic heterocycles. The molecule has 1 unspecified atom stereocenters. The first kappa shape index (κ1) is 18.0. The molecule has 0 saturated carbocycles. The molecule has 1 atom stereocenters. The van der Waals surface area contributed by atoms with Crippen LogP contribution in [-0.2, 0) is 14.2 Å². The standard InChI is InChI=1S/C16H24O4S/c1-12(18-5)19-10-11-21-14-9-7-6-8-13(14)15(17)20-16(2,3)4/h6-9,12H,10-11H2,1-5H3. The Bertz CT molecular complexity index is 454. The summed E-state index contributed by atoms with van der Waals surface area (Å²) < 4.78 is 15.9. The van der Waals surface area contributed by atoms with Crippen molar-refractivity contribution < 1.29 is 19.0 Å². The number of ether oxygens (including phenoxy) is 3. The first-order chi connectivity index (χ1) is 9.83. The number of hydrogen-bond donors (Lipinski definition) is 0. The number of methoxy groups -OCH3 is 1. The summed E-state index contributed by atoms with van der Waals surface area (Å²) in [4.78, 5) is 13.1. The molecular formula is C16H24O4S. The summed E-state index contributed by atoms with van der Waals surface area (Å²) in [6, 6.07) is 7.46. The molecule has 1 aromatic carbocycles. The third-order valence-electron chi connectivity index (χ3n) is 2.53. The normalized spacial score (nSPS) is 13.0. The van der Waals surface area contributed by atoms with Crippen molar-refractivity contribution >= 4 is 17.7 Å². The Hall–Kier alpha value is -1.04. The third kappa shape index (κ3) is 6.98. The largest absolute Gasteiger partial charge is 0.456 e. The highest BCUT2D eigenvalue weighted by Gasteiger charge is 2.20. The van der Waals surface area contributed by atoms with Gasteiger partial charge in [0.25, 0.3) is 0 Å². The zero-order valence-electron chi connectivity index (χ0n) is 13.3. The molecule has 4 nitrogen and oxygen atoms in total. The molecular weight excluding hydrogens is 288 g/mol. The van der Waals surface area contributed by atoms with Gasteiger partial charge in [0.05, 0.1) is 12.2 Å². The second-order valence-electron chi connectivity index (χ2n) is 5.52. The van der Waals surface area contributed by atoms with Crippen LogP contribution in [0.5, 0.6) is 0 Å². The van der Waals surface area contributed by atoms with Gasteiger partial charge in [0.15, 0.2) is 6.29 Å². The van der Waals surface area contributed by atoms with E-state index in [0.29, 0.717) is 12.2 Å². The zero-order chi connectivity index (χ0) is 15.9. The second-order valence-corrected chi connectivity index (χ2v) is 6.66. The van der Waals surface area contributed by atoms with Crippen molar-refractivity contribution in [1.29, 1.82) is 0 Å². The van der Waals surface area contributed by atoms with Crippen LogP contribution in [0.15, 0.2) is 29.2 Å². The number of hydrogen-bond acceptors (Lipinski definition) is 5. The summed E-state index contributed by atoms with van der Waals surface area (Å²) in [5, 5.41) is 0. The lowest BCUT2D eigenvalue weighted by Gasteiger charge is -2.20. The first-order valence-corrected chi connectivity index (χ1v) is 7.91. The summed E-state index contributed by atoms with van der Waals surface area (Å²) in [6.45, 7) is 7.99. The average molecular weight is 312 g/mol. The molecule has 0 radical (unpaired) electrons. The molecule has 0 aromatic heterocycles. The zero-order valence-corrected chi connectivity index (χ0v) is 14.2. The second kappa shape index (κ2) is 8.41. The van der Waals surface area contributed by atoms with Crippen LogP contribution in [0.2, 0.25) is 0 Å². The molecule has 0 N–H and O–H groups in total. The van der Waals surface area contributed by atoms with Crippen molar-refractivity contribution in [3.05, 3.63) is 29.8 Å². The number of esters is 1. The van der Waals surface area contributed by atoms with Gasteiger partial charge in [-0.25, -0.2) is 4.79 Å². The van der Waals surface area contributed by atoms with Crippen molar-refractivity contribution in [1.82, 2.24) is 0 Å². The summed E-state index contributed by atoms with van der Waals surface area (Å²) in [5.41, 5.74) is 0.100. The van der Waals surface area contributed by atoms with E-state index in [4.69, 9.17) is 14.2 Å². The Morgan fingerprint density at radius 3 is 2.57 bits per heavy atom. The summed E-state index contributed by atoms with van der Waals surface area (Å²) in [7, 11) is 1.61. The highest BCUT2D eigenvalue weighted by Crippen LogP contribution is 2.24. The predicted molar refractivity (Wildman–Crippen MR) is 84.8 cm³/mol. The smallest absolute Gasteiger partial charge is 0.339 e. The van der Waals surface area contributed by atoms with E-state index in [9.17, 15) is 4.79 Å². The quantitative estimate of drug-likeness (QED) is 0.332. The van der Waals surface area contributed by atoms with E-state index >= 15 is 0 Å². The molecule has 1 rings (SSSR count). The maximum atomic E-state index is 12.2. The lowest BCUT2D eigenvalue weighted by molar-refractivity contribution is -0.105. The van der Waals surface area contributed by atoms with Gasteiger partial charge in [-0.1, -0.05) is 12.1 Å². The molecule has 0 amide bonds. The minimum atomic E-state index is -0.494. The molecule has 5 heteroatoms. The van der Waals surface area contributed by atoms with Gasteiger partial charge in [0.2, 0.25) is 0 Å². The number of rotatable bonds is 7. The number of carbonyl (C=O) groups is 1. The molecule has 0 saturated heterocycles. The van der Waals surface area contributed by atoms with E-state index in [1.807, 2.05) is 45.9 Å². The van der Waals surface area contributed by atoms with Gasteiger partial charge in [0, 0.05) is 17.8 Å². The Morgan fingerprint density at radius 2 is 1.95 bits per heavy atom. The van der Waals surface area contributed by atoms with Gasteiger partial charge in [0.1, 0.15) is 5.60 Å². The number of thioether (sulfide) groups is 1. The molecule has 0 aliphatic rings. The van der Waals surface area contributed by atoms with Gasteiger partial charge in [-0.2, -0.15) is 0 Å². The Balaban J connectivity index is 2.61. The molecule has 0 spiro atoms. The SMILES string of the molecule is COC(C)OCCSc1ccccc1C(=O)OC(C)(C)C. The van der Waals surface area contributed by atoms with Crippen LogP contribution in [-0.4, -0.2) is 37.3 Å². The van der Waals surface area contributed by atoms with Gasteiger partial charge < -0.3 is 14.2 Å². The van der Waals surface area contributed by atoms with Crippen molar-refractivity contribution in [3.8, 4) is 0 Å². The minimum absolute atomic E-state index is 0.216. The number of benzene rings is 1. The van der Waals surface area contributed by atoms with Gasteiger partial charge >= 0.3 is 5.97 Å². The minimum Gasteiger partial charge on any atom is -0.456 e.